The maximum absolute atomic E-state index is 9.95. The number of nitrogens with zero attached hydrogens (tertiary/aromatic N) is 3. The van der Waals surface area contributed by atoms with Gasteiger partial charge in [-0.25, -0.2) is 0 Å². The number of aromatic nitrogens is 2. The molecule has 386 valence electrons. The van der Waals surface area contributed by atoms with Crippen molar-refractivity contribution in [3.05, 3.63) is 300 Å². The van der Waals surface area contributed by atoms with Crippen molar-refractivity contribution < 1.29 is 33.5 Å². The van der Waals surface area contributed by atoms with Crippen LogP contribution >= 0.6 is 0 Å². The van der Waals surface area contributed by atoms with Crippen molar-refractivity contribution in [2.75, 3.05) is 4.90 Å². The first-order valence-electron chi connectivity index (χ1n) is 37.5. The molecule has 0 unspecified atom stereocenters. The van der Waals surface area contributed by atoms with Crippen molar-refractivity contribution in [3.8, 4) is 45.1 Å². The van der Waals surface area contributed by atoms with Gasteiger partial charge >= 0.3 is 0 Å². The quantitative estimate of drug-likeness (QED) is 0.160. The second-order valence-electron chi connectivity index (χ2n) is 22.0. The number of ether oxygens (including phenoxy) is 1. The summed E-state index contributed by atoms with van der Waals surface area (Å²) < 4.78 is 206. The maximum Gasteiger partial charge on any atom is 0.247 e. The van der Waals surface area contributed by atoms with Gasteiger partial charge < -0.3 is 18.8 Å². The average molecular weight is 1070 g/mol. The molecular formula is C77H54BN3O. The van der Waals surface area contributed by atoms with Crippen molar-refractivity contribution in [2.45, 2.75) is 31.6 Å². The molecular weight excluding hydrogens is 994 g/mol. The number of para-hydroxylation sites is 6. The van der Waals surface area contributed by atoms with Gasteiger partial charge in [0.25, 0.3) is 0 Å². The van der Waals surface area contributed by atoms with E-state index in [1.54, 1.807) is 18.2 Å². The van der Waals surface area contributed by atoms with Crippen molar-refractivity contribution in [3.63, 3.8) is 0 Å². The van der Waals surface area contributed by atoms with Gasteiger partial charge in [0.2, 0.25) is 6.71 Å². The van der Waals surface area contributed by atoms with Crippen LogP contribution in [0, 0.1) is 0 Å². The molecule has 14 aromatic rings. The van der Waals surface area contributed by atoms with E-state index in [2.05, 4.69) is 26.8 Å². The van der Waals surface area contributed by atoms with Crippen LogP contribution in [0.1, 0.15) is 77.4 Å². The fourth-order valence-electron chi connectivity index (χ4n) is 13.3. The molecule has 0 saturated heterocycles. The highest BCUT2D eigenvalue weighted by atomic mass is 16.5. The molecule has 1 spiro atoms. The van der Waals surface area contributed by atoms with Crippen molar-refractivity contribution >= 4 is 83.8 Å². The summed E-state index contributed by atoms with van der Waals surface area (Å²) in [7, 11) is 0. The predicted octanol–water partition coefficient (Wildman–Crippen LogP) is 17.6. The Hall–Kier alpha value is -10.1. The zero-order chi connectivity index (χ0) is 72.7. The molecule has 3 aliphatic rings. The zero-order valence-corrected chi connectivity index (χ0v) is 44.2. The summed E-state index contributed by atoms with van der Waals surface area (Å²) in [6.07, 6.45) is 0. The second kappa shape index (κ2) is 17.5. The van der Waals surface area contributed by atoms with Gasteiger partial charge in [0.05, 0.1) is 62.0 Å². The summed E-state index contributed by atoms with van der Waals surface area (Å²) in [4.78, 5) is 2.04. The normalized spacial score (nSPS) is 17.3. The molecule has 0 atom stereocenters. The molecule has 0 N–H and O–H groups in total. The minimum atomic E-state index is -1.62. The van der Waals surface area contributed by atoms with Gasteiger partial charge in [0, 0.05) is 61.0 Å². The third kappa shape index (κ3) is 6.56. The molecule has 0 amide bonds. The standard InChI is InChI=1S/C77H54BN3O/c1-76(2,3)52-39-43-70(59(45-52)50-24-8-5-9-25-50)81-71-47-53(79-66-32-16-10-26-55(66)56-27-11-17-33-67(56)79)40-42-65(71)78-64-41-38-51(49-22-6-4-7-23-49)44-62(64)77(60-30-14-20-36-73(60)82-74-37-21-15-31-61(74)77)63-46-54(48-72(81)75(63)78)80-68-34-18-12-28-57(68)58-29-13-19-35-69(58)80/h4-48H,1-3H3/i4D,6D,7D,10D,11D,12D,13D,16D,17D,18D,19D,22D,23D,26D,27D,28D,29D,32D,33D,34D,35D. The van der Waals surface area contributed by atoms with Crippen molar-refractivity contribution in [1.29, 1.82) is 0 Å². The summed E-state index contributed by atoms with van der Waals surface area (Å²) in [5, 5.41) is -0.653. The van der Waals surface area contributed by atoms with Crippen molar-refractivity contribution in [1.82, 2.24) is 9.13 Å². The lowest BCUT2D eigenvalue weighted by molar-refractivity contribution is 0.435. The molecule has 82 heavy (non-hydrogen) atoms. The van der Waals surface area contributed by atoms with E-state index in [1.165, 1.54) is 9.13 Å². The third-order valence-electron chi connectivity index (χ3n) is 16.8. The summed E-state index contributed by atoms with van der Waals surface area (Å²) in [6, 6.07) is 33.2. The van der Waals surface area contributed by atoms with Crippen LogP contribution in [0.4, 0.5) is 17.1 Å². The monoisotopic (exact) mass is 1070 g/mol. The molecule has 4 nitrogen and oxygen atoms in total. The zero-order valence-electron chi connectivity index (χ0n) is 65.2. The third-order valence-corrected chi connectivity index (χ3v) is 16.8. The topological polar surface area (TPSA) is 22.3 Å². The van der Waals surface area contributed by atoms with E-state index in [0.29, 0.717) is 72.8 Å². The van der Waals surface area contributed by atoms with E-state index in [1.807, 2.05) is 126 Å². The van der Waals surface area contributed by atoms with Crippen LogP contribution in [0.5, 0.6) is 11.5 Å². The Kier molecular flexibility index (Phi) is 6.49. The fraction of sp³-hybridized carbons (Fsp3) is 0.0649. The summed E-state index contributed by atoms with van der Waals surface area (Å²) in [5.74, 6) is 0.809. The van der Waals surface area contributed by atoms with Gasteiger partial charge in [0.15, 0.2) is 0 Å². The average Bonchev–Trinajstić information content (AvgIpc) is 1.08. The lowest BCUT2D eigenvalue weighted by Crippen LogP contribution is -2.65. The van der Waals surface area contributed by atoms with Gasteiger partial charge in [-0.2, -0.15) is 0 Å². The molecule has 5 heterocycles. The van der Waals surface area contributed by atoms with Crippen LogP contribution in [0.2, 0.25) is 0 Å². The highest BCUT2D eigenvalue weighted by Gasteiger charge is 2.55. The molecule has 12 aromatic carbocycles. The Morgan fingerprint density at radius 1 is 0.402 bits per heavy atom. The molecule has 3 aliphatic heterocycles. The molecule has 0 radical (unpaired) electrons. The van der Waals surface area contributed by atoms with Crippen LogP contribution in [0.3, 0.4) is 0 Å². The SMILES string of the molecule is [2H]c1c([2H])c([2H])c(-c2ccc3c(c2)C2(c4ccccc4Oc4ccccc42)c2cc(-n4c5c([2H])c([2H])c([2H])c([2H])c5c5c([2H])c([2H])c([2H])c([2H])c54)cc4c2B3c2ccc(-n3c5c([2H])c([2H])c([2H])c([2H])c5c5c([2H])c([2H])c([2H])c([2H])c53)cc2N4c2ccc(C(C)(C)C)cc2-c2ccccc2)c([2H])c1[2H]. The van der Waals surface area contributed by atoms with Crippen LogP contribution in [-0.2, 0) is 10.8 Å². The molecule has 0 fully saturated rings. The lowest BCUT2D eigenvalue weighted by atomic mass is 9.29. The van der Waals surface area contributed by atoms with Crippen LogP contribution in [0.15, 0.2) is 272 Å². The second-order valence-corrected chi connectivity index (χ2v) is 22.0. The lowest BCUT2D eigenvalue weighted by Gasteiger charge is -2.50. The molecule has 17 rings (SSSR count). The number of hydrogen-bond acceptors (Lipinski definition) is 2. The van der Waals surface area contributed by atoms with E-state index in [4.69, 9.17) is 17.1 Å². The highest BCUT2D eigenvalue weighted by Crippen LogP contribution is 2.58. The Morgan fingerprint density at radius 3 is 1.55 bits per heavy atom. The minimum Gasteiger partial charge on any atom is -0.457 e. The number of rotatable bonds is 5. The van der Waals surface area contributed by atoms with Gasteiger partial charge in [-0.05, 0) is 122 Å². The molecule has 5 heteroatoms. The molecule has 0 aliphatic carbocycles. The van der Waals surface area contributed by atoms with E-state index in [0.717, 1.165) is 11.1 Å². The summed E-state index contributed by atoms with van der Waals surface area (Å²) in [5.41, 5.74) is 5.65. The first-order chi connectivity index (χ1) is 49.0. The van der Waals surface area contributed by atoms with Gasteiger partial charge in [-0.1, -0.05) is 226 Å². The van der Waals surface area contributed by atoms with Gasteiger partial charge in [-0.3, -0.25) is 0 Å². The van der Waals surface area contributed by atoms with E-state index < -0.39 is 144 Å². The Morgan fingerprint density at radius 2 is 0.939 bits per heavy atom. The molecule has 0 saturated carbocycles. The van der Waals surface area contributed by atoms with Gasteiger partial charge in [0.1, 0.15) is 11.5 Å². The van der Waals surface area contributed by atoms with E-state index in [9.17, 15) is 16.4 Å². The Balaban J connectivity index is 1.13. The smallest absolute Gasteiger partial charge is 0.247 e. The van der Waals surface area contributed by atoms with Crippen LogP contribution in [-0.4, -0.2) is 15.8 Å². The van der Waals surface area contributed by atoms with E-state index >= 15 is 0 Å². The minimum absolute atomic E-state index is 0.0968. The number of benzene rings is 12. The van der Waals surface area contributed by atoms with Crippen LogP contribution in [0.25, 0.3) is 77.2 Å². The molecule has 2 aromatic heterocycles. The number of anilines is 3. The highest BCUT2D eigenvalue weighted by molar-refractivity contribution is 6.99. The van der Waals surface area contributed by atoms with Crippen LogP contribution < -0.4 is 26.0 Å². The predicted molar refractivity (Wildman–Crippen MR) is 342 cm³/mol. The van der Waals surface area contributed by atoms with Gasteiger partial charge in [-0.15, -0.1) is 0 Å². The first-order valence-corrected chi connectivity index (χ1v) is 27.0. The number of hydrogen-bond donors (Lipinski definition) is 0. The maximum atomic E-state index is 9.95. The Labute approximate surface area is 507 Å². The van der Waals surface area contributed by atoms with E-state index in [-0.39, 0.29) is 66.1 Å². The summed E-state index contributed by atoms with van der Waals surface area (Å²) in [6.45, 7) is 5.37. The Bertz CT molecular complexity index is 6030. The fourth-order valence-corrected chi connectivity index (χ4v) is 13.3. The van der Waals surface area contributed by atoms with Crippen molar-refractivity contribution in [2.24, 2.45) is 0 Å². The number of fused-ring (bicyclic) bond motifs is 16. The summed E-state index contributed by atoms with van der Waals surface area (Å²) >= 11 is 0. The largest absolute Gasteiger partial charge is 0.457 e. The first kappa shape index (κ1) is 30.5. The molecule has 0 bridgehead atoms.